The van der Waals surface area contributed by atoms with Crippen molar-refractivity contribution in [3.8, 4) is 0 Å². The normalized spacial score (nSPS) is 13.8. The summed E-state index contributed by atoms with van der Waals surface area (Å²) < 4.78 is 32.7. The second kappa shape index (κ2) is 43.8. The first-order valence-electron chi connectivity index (χ1n) is 24.1. The summed E-state index contributed by atoms with van der Waals surface area (Å²) in [5, 5.41) is 18.3. The number of phosphoric acid groups is 1. The summed E-state index contributed by atoms with van der Waals surface area (Å²) in [5.41, 5.74) is 0. The minimum Gasteiger partial charge on any atom is -0.462 e. The highest BCUT2D eigenvalue weighted by molar-refractivity contribution is 7.47. The van der Waals surface area contributed by atoms with Gasteiger partial charge in [-0.2, -0.15) is 0 Å². The predicted octanol–water partition coefficient (Wildman–Crippen LogP) is 13.2. The Hall–Kier alpha value is -1.29. The van der Waals surface area contributed by atoms with Crippen LogP contribution in [0.1, 0.15) is 239 Å². The van der Waals surface area contributed by atoms with Gasteiger partial charge in [-0.15, -0.1) is 0 Å². The number of aliphatic hydroxyl groups excluding tert-OH is 2. The van der Waals surface area contributed by atoms with Crippen LogP contribution in [0.5, 0.6) is 0 Å². The summed E-state index contributed by atoms with van der Waals surface area (Å²) in [4.78, 5) is 35.0. The van der Waals surface area contributed by atoms with E-state index < -0.39 is 51.8 Å². The fourth-order valence-electron chi connectivity index (χ4n) is 6.93. The SMILES string of the molecule is CCCCC/C=C\CCCCCCCC(=O)OC(COC(=O)CCCCCCCCCCCCCCCCCCCCCCCCC)COP(=O)(O)OCC(O)CO. The quantitative estimate of drug-likeness (QED) is 0.0234. The Morgan fingerprint density at radius 2 is 0.845 bits per heavy atom. The molecular weight excluding hydrogens is 755 g/mol. The van der Waals surface area contributed by atoms with E-state index in [0.717, 1.165) is 51.4 Å². The highest BCUT2D eigenvalue weighted by atomic mass is 31.2. The summed E-state index contributed by atoms with van der Waals surface area (Å²) in [6.07, 6.45) is 43.3. The molecule has 0 radical (unpaired) electrons. The van der Waals surface area contributed by atoms with Crippen LogP contribution in [0.3, 0.4) is 0 Å². The van der Waals surface area contributed by atoms with Crippen LogP contribution in [0.2, 0.25) is 0 Å². The first kappa shape index (κ1) is 56.7. The Morgan fingerprint density at radius 1 is 0.500 bits per heavy atom. The van der Waals surface area contributed by atoms with E-state index in [9.17, 15) is 24.2 Å². The number of hydrogen-bond acceptors (Lipinski definition) is 9. The molecule has 0 aliphatic heterocycles. The van der Waals surface area contributed by atoms with Crippen LogP contribution in [-0.2, 0) is 32.7 Å². The van der Waals surface area contributed by atoms with Crippen LogP contribution in [0, 0.1) is 0 Å². The molecule has 344 valence electrons. The van der Waals surface area contributed by atoms with Crippen LogP contribution < -0.4 is 0 Å². The third-order valence-corrected chi connectivity index (χ3v) is 11.6. The van der Waals surface area contributed by atoms with Crippen molar-refractivity contribution in [1.29, 1.82) is 0 Å². The lowest BCUT2D eigenvalue weighted by molar-refractivity contribution is -0.161. The Balaban J connectivity index is 4.09. The number of phosphoric ester groups is 1. The fraction of sp³-hybridized carbons (Fsp3) is 0.915. The third kappa shape index (κ3) is 42.8. The Bertz CT molecular complexity index is 977. The lowest BCUT2D eigenvalue weighted by Gasteiger charge is -2.20. The minimum absolute atomic E-state index is 0.178. The minimum atomic E-state index is -4.61. The van der Waals surface area contributed by atoms with Gasteiger partial charge in [0.15, 0.2) is 6.10 Å². The number of hydrogen-bond donors (Lipinski definition) is 3. The van der Waals surface area contributed by atoms with Gasteiger partial charge in [-0.3, -0.25) is 18.6 Å². The zero-order valence-electron chi connectivity index (χ0n) is 37.5. The zero-order valence-corrected chi connectivity index (χ0v) is 38.4. The molecule has 0 fully saturated rings. The van der Waals surface area contributed by atoms with Crippen molar-refractivity contribution in [2.45, 2.75) is 251 Å². The molecule has 0 heterocycles. The first-order valence-corrected chi connectivity index (χ1v) is 25.6. The van der Waals surface area contributed by atoms with Crippen molar-refractivity contribution in [1.82, 2.24) is 0 Å². The summed E-state index contributed by atoms with van der Waals surface area (Å²) in [6.45, 7) is 2.38. The molecule has 0 amide bonds. The smallest absolute Gasteiger partial charge is 0.462 e. The van der Waals surface area contributed by atoms with Gasteiger partial charge in [-0.25, -0.2) is 4.57 Å². The molecule has 0 rings (SSSR count). The van der Waals surface area contributed by atoms with E-state index in [1.807, 2.05) is 0 Å². The Kier molecular flexibility index (Phi) is 42.8. The second-order valence-corrected chi connectivity index (χ2v) is 17.9. The lowest BCUT2D eigenvalue weighted by Crippen LogP contribution is -2.29. The molecule has 10 nitrogen and oxygen atoms in total. The number of rotatable bonds is 46. The summed E-state index contributed by atoms with van der Waals surface area (Å²) in [5.74, 6) is -0.922. The predicted molar refractivity (Wildman–Crippen MR) is 238 cm³/mol. The average molecular weight is 847 g/mol. The third-order valence-electron chi connectivity index (χ3n) is 10.7. The highest BCUT2D eigenvalue weighted by Crippen LogP contribution is 2.43. The topological polar surface area (TPSA) is 149 Å². The number of allylic oxidation sites excluding steroid dienone is 2. The van der Waals surface area contributed by atoms with Crippen molar-refractivity contribution < 1.29 is 47.8 Å². The maximum absolute atomic E-state index is 12.6. The Morgan fingerprint density at radius 3 is 1.28 bits per heavy atom. The molecule has 0 aliphatic rings. The molecule has 0 saturated carbocycles. The number of carbonyl (C=O) groups is 2. The van der Waals surface area contributed by atoms with Crippen LogP contribution in [0.25, 0.3) is 0 Å². The summed E-state index contributed by atoms with van der Waals surface area (Å²) in [7, 11) is -4.61. The maximum atomic E-state index is 12.6. The molecule has 3 unspecified atom stereocenters. The molecule has 3 atom stereocenters. The second-order valence-electron chi connectivity index (χ2n) is 16.5. The zero-order chi connectivity index (χ0) is 42.6. The maximum Gasteiger partial charge on any atom is 0.472 e. The number of esters is 2. The lowest BCUT2D eigenvalue weighted by atomic mass is 10.0. The number of unbranched alkanes of at least 4 members (excludes halogenated alkanes) is 30. The number of aliphatic hydroxyl groups is 2. The molecule has 0 saturated heterocycles. The average Bonchev–Trinajstić information content (AvgIpc) is 3.21. The Labute approximate surface area is 356 Å². The standard InChI is InChI=1S/C47H91O10P/c1-3-5-7-9-11-13-15-17-18-19-20-21-22-23-24-25-26-27-29-30-32-34-36-38-46(50)54-42-45(43-56-58(52,53)55-41-44(49)40-48)57-47(51)39-37-35-33-31-28-16-14-12-10-8-6-4-2/h12,14,44-45,48-49H,3-11,13,15-43H2,1-2H3,(H,52,53)/b14-12-. The fourth-order valence-corrected chi connectivity index (χ4v) is 7.72. The summed E-state index contributed by atoms with van der Waals surface area (Å²) in [6, 6.07) is 0. The molecule has 0 aromatic carbocycles. The van der Waals surface area contributed by atoms with Gasteiger partial charge in [0.2, 0.25) is 0 Å². The molecule has 11 heteroatoms. The van der Waals surface area contributed by atoms with E-state index in [2.05, 4.69) is 26.0 Å². The van der Waals surface area contributed by atoms with Crippen LogP contribution in [0.15, 0.2) is 12.2 Å². The highest BCUT2D eigenvalue weighted by Gasteiger charge is 2.27. The monoisotopic (exact) mass is 847 g/mol. The van der Waals surface area contributed by atoms with Gasteiger partial charge >= 0.3 is 19.8 Å². The molecular formula is C47H91O10P. The van der Waals surface area contributed by atoms with Crippen molar-refractivity contribution in [2.75, 3.05) is 26.4 Å². The van der Waals surface area contributed by atoms with Crippen LogP contribution >= 0.6 is 7.82 Å². The van der Waals surface area contributed by atoms with E-state index in [4.69, 9.17) is 23.6 Å². The van der Waals surface area contributed by atoms with E-state index in [0.29, 0.717) is 12.8 Å². The molecule has 0 aromatic rings. The van der Waals surface area contributed by atoms with Gasteiger partial charge in [-0.1, -0.05) is 199 Å². The molecule has 0 aromatic heterocycles. The van der Waals surface area contributed by atoms with E-state index in [1.165, 1.54) is 148 Å². The van der Waals surface area contributed by atoms with E-state index in [-0.39, 0.29) is 19.4 Å². The van der Waals surface area contributed by atoms with E-state index >= 15 is 0 Å². The van der Waals surface area contributed by atoms with Gasteiger partial charge in [-0.05, 0) is 38.5 Å². The van der Waals surface area contributed by atoms with Crippen LogP contribution in [-0.4, -0.2) is 65.7 Å². The number of carbonyl (C=O) groups excluding carboxylic acids is 2. The molecule has 0 bridgehead atoms. The summed E-state index contributed by atoms with van der Waals surface area (Å²) >= 11 is 0. The van der Waals surface area contributed by atoms with Gasteiger partial charge in [0.05, 0.1) is 19.8 Å². The van der Waals surface area contributed by atoms with E-state index in [1.54, 1.807) is 0 Å². The van der Waals surface area contributed by atoms with Crippen LogP contribution in [0.4, 0.5) is 0 Å². The van der Waals surface area contributed by atoms with Gasteiger partial charge in [0, 0.05) is 12.8 Å². The molecule has 3 N–H and O–H groups in total. The van der Waals surface area contributed by atoms with Crippen molar-refractivity contribution >= 4 is 19.8 Å². The van der Waals surface area contributed by atoms with Crippen molar-refractivity contribution in [3.05, 3.63) is 12.2 Å². The number of ether oxygens (including phenoxy) is 2. The van der Waals surface area contributed by atoms with Gasteiger partial charge in [0.25, 0.3) is 0 Å². The van der Waals surface area contributed by atoms with Crippen molar-refractivity contribution in [3.63, 3.8) is 0 Å². The van der Waals surface area contributed by atoms with Gasteiger partial charge < -0.3 is 24.6 Å². The van der Waals surface area contributed by atoms with Gasteiger partial charge in [0.1, 0.15) is 12.7 Å². The largest absolute Gasteiger partial charge is 0.472 e. The molecule has 58 heavy (non-hydrogen) atoms. The van der Waals surface area contributed by atoms with Crippen molar-refractivity contribution in [2.24, 2.45) is 0 Å². The first-order chi connectivity index (χ1) is 28.2. The molecule has 0 aliphatic carbocycles. The molecule has 0 spiro atoms.